The van der Waals surface area contributed by atoms with Gasteiger partial charge in [-0.2, -0.15) is 0 Å². The second-order valence-electron chi connectivity index (χ2n) is 4.94. The highest BCUT2D eigenvalue weighted by Crippen LogP contribution is 2.38. The van der Waals surface area contributed by atoms with E-state index in [1.165, 1.54) is 21.8 Å². The lowest BCUT2D eigenvalue weighted by Crippen LogP contribution is -1.94. The summed E-state index contributed by atoms with van der Waals surface area (Å²) in [6, 6.07) is 23.2. The molecule has 4 aromatic rings. The van der Waals surface area contributed by atoms with E-state index in [-0.39, 0.29) is 0 Å². The molecule has 3 aromatic carbocycles. The van der Waals surface area contributed by atoms with Crippen LogP contribution in [0.25, 0.3) is 27.5 Å². The number of halogens is 2. The van der Waals surface area contributed by atoms with Gasteiger partial charge in [0, 0.05) is 25.4 Å². The highest BCUT2D eigenvalue weighted by atomic mass is 79.9. The second kappa shape index (κ2) is 5.00. The van der Waals surface area contributed by atoms with Crippen molar-refractivity contribution < 1.29 is 0 Å². The summed E-state index contributed by atoms with van der Waals surface area (Å²) in [5.41, 5.74) is 3.56. The summed E-state index contributed by atoms with van der Waals surface area (Å²) in [4.78, 5) is 0. The number of hydrogen-bond acceptors (Lipinski definition) is 0. The number of fused-ring (bicyclic) bond motifs is 3. The zero-order valence-electron chi connectivity index (χ0n) is 11.1. The molecule has 0 fully saturated rings. The van der Waals surface area contributed by atoms with Crippen LogP contribution in [0.4, 0.5) is 0 Å². The molecule has 0 amide bonds. The molecule has 4 rings (SSSR count). The van der Waals surface area contributed by atoms with E-state index in [9.17, 15) is 0 Å². The minimum Gasteiger partial charge on any atom is -0.307 e. The van der Waals surface area contributed by atoms with Crippen molar-refractivity contribution in [3.8, 4) is 5.69 Å². The van der Waals surface area contributed by atoms with Crippen molar-refractivity contribution in [2.24, 2.45) is 0 Å². The van der Waals surface area contributed by atoms with Gasteiger partial charge in [-0.3, -0.25) is 0 Å². The summed E-state index contributed by atoms with van der Waals surface area (Å²) >= 11 is 7.42. The number of para-hydroxylation sites is 3. The Labute approximate surface area is 139 Å². The van der Waals surface area contributed by atoms with Gasteiger partial charge in [0.2, 0.25) is 0 Å². The molecule has 1 heterocycles. The molecule has 102 valence electrons. The summed E-state index contributed by atoms with van der Waals surface area (Å²) < 4.78 is 4.51. The first-order valence-electron chi connectivity index (χ1n) is 6.70. The van der Waals surface area contributed by atoms with Gasteiger partial charge >= 0.3 is 0 Å². The minimum atomic E-state index is 1.10. The Morgan fingerprint density at radius 1 is 0.571 bits per heavy atom. The molecule has 0 aliphatic heterocycles. The van der Waals surface area contributed by atoms with Crippen molar-refractivity contribution in [3.05, 3.63) is 75.7 Å². The van der Waals surface area contributed by atoms with E-state index in [0.717, 1.165) is 14.6 Å². The zero-order valence-corrected chi connectivity index (χ0v) is 14.2. The maximum atomic E-state index is 3.71. The van der Waals surface area contributed by atoms with Crippen LogP contribution in [-0.2, 0) is 0 Å². The normalized spacial score (nSPS) is 11.3. The van der Waals surface area contributed by atoms with Crippen molar-refractivity contribution in [3.63, 3.8) is 0 Å². The number of aromatic nitrogens is 1. The van der Waals surface area contributed by atoms with Crippen LogP contribution >= 0.6 is 31.9 Å². The molecule has 1 aromatic heterocycles. The minimum absolute atomic E-state index is 1.10. The third-order valence-corrected chi connectivity index (χ3v) is 5.01. The summed E-state index contributed by atoms with van der Waals surface area (Å²) in [5, 5.41) is 2.51. The van der Waals surface area contributed by atoms with Crippen LogP contribution in [0.3, 0.4) is 0 Å². The predicted octanol–water partition coefficient (Wildman–Crippen LogP) is 6.31. The zero-order chi connectivity index (χ0) is 14.4. The molecule has 0 aliphatic carbocycles. The maximum absolute atomic E-state index is 3.71. The van der Waals surface area contributed by atoms with Gasteiger partial charge in [-0.15, -0.1) is 0 Å². The van der Waals surface area contributed by atoms with Gasteiger partial charge in [-0.25, -0.2) is 0 Å². The van der Waals surface area contributed by atoms with E-state index in [2.05, 4.69) is 97.1 Å². The third-order valence-electron chi connectivity index (χ3n) is 3.73. The van der Waals surface area contributed by atoms with Gasteiger partial charge in [0.25, 0.3) is 0 Å². The van der Waals surface area contributed by atoms with Crippen LogP contribution in [0.1, 0.15) is 0 Å². The van der Waals surface area contributed by atoms with E-state index in [4.69, 9.17) is 0 Å². The Morgan fingerprint density at radius 2 is 1.10 bits per heavy atom. The van der Waals surface area contributed by atoms with Crippen molar-refractivity contribution in [1.29, 1.82) is 0 Å². The Balaban J connectivity index is 2.31. The van der Waals surface area contributed by atoms with Gasteiger partial charge in [0.15, 0.2) is 0 Å². The molecule has 0 saturated carbocycles. The Bertz CT molecular complexity index is 896. The summed E-state index contributed by atoms with van der Waals surface area (Å²) in [6.45, 7) is 0. The first-order chi connectivity index (χ1) is 10.3. The molecule has 0 aliphatic rings. The van der Waals surface area contributed by atoms with E-state index >= 15 is 0 Å². The van der Waals surface area contributed by atoms with Gasteiger partial charge < -0.3 is 4.57 Å². The van der Waals surface area contributed by atoms with Crippen molar-refractivity contribution in [2.45, 2.75) is 0 Å². The van der Waals surface area contributed by atoms with Crippen molar-refractivity contribution in [1.82, 2.24) is 4.57 Å². The lowest BCUT2D eigenvalue weighted by molar-refractivity contribution is 1.17. The molecule has 21 heavy (non-hydrogen) atoms. The van der Waals surface area contributed by atoms with Crippen LogP contribution in [0.15, 0.2) is 75.7 Å². The predicted molar refractivity (Wildman–Crippen MR) is 96.2 cm³/mol. The molecule has 1 nitrogen and oxygen atoms in total. The smallest absolute Gasteiger partial charge is 0.0683 e. The molecule has 3 heteroatoms. The number of rotatable bonds is 1. The summed E-state index contributed by atoms with van der Waals surface area (Å²) in [6.07, 6.45) is 0. The van der Waals surface area contributed by atoms with Crippen molar-refractivity contribution in [2.75, 3.05) is 0 Å². The molecule has 0 saturated heterocycles. The van der Waals surface area contributed by atoms with E-state index in [1.54, 1.807) is 0 Å². The second-order valence-corrected chi connectivity index (χ2v) is 6.65. The fourth-order valence-corrected chi connectivity index (χ4v) is 3.95. The van der Waals surface area contributed by atoms with Crippen LogP contribution in [0, 0.1) is 0 Å². The molecular weight excluding hydrogens is 390 g/mol. The van der Waals surface area contributed by atoms with E-state index < -0.39 is 0 Å². The number of nitrogens with zero attached hydrogens (tertiary/aromatic N) is 1. The monoisotopic (exact) mass is 399 g/mol. The molecule has 0 N–H and O–H groups in total. The standard InChI is InChI=1S/C18H11Br2N/c19-15-10-4-8-13-14-9-5-11-16(20)18(14)21(17(13)15)12-6-2-1-3-7-12/h1-11H. The Hall–Kier alpha value is -1.58. The first kappa shape index (κ1) is 13.1. The maximum Gasteiger partial charge on any atom is 0.0683 e. The topological polar surface area (TPSA) is 4.93 Å². The molecule has 0 bridgehead atoms. The number of hydrogen-bond donors (Lipinski definition) is 0. The summed E-state index contributed by atoms with van der Waals surface area (Å²) in [7, 11) is 0. The summed E-state index contributed by atoms with van der Waals surface area (Å²) in [5.74, 6) is 0. The highest BCUT2D eigenvalue weighted by molar-refractivity contribution is 9.11. The van der Waals surface area contributed by atoms with E-state index in [0.29, 0.717) is 0 Å². The fraction of sp³-hybridized carbons (Fsp3) is 0. The van der Waals surface area contributed by atoms with Gasteiger partial charge in [-0.05, 0) is 56.1 Å². The lowest BCUT2D eigenvalue weighted by Gasteiger charge is -2.09. The molecule has 0 radical (unpaired) electrons. The van der Waals surface area contributed by atoms with Crippen LogP contribution in [0.5, 0.6) is 0 Å². The van der Waals surface area contributed by atoms with Gasteiger partial charge in [0.1, 0.15) is 0 Å². The number of benzene rings is 3. The Kier molecular flexibility index (Phi) is 3.12. The Morgan fingerprint density at radius 3 is 1.62 bits per heavy atom. The van der Waals surface area contributed by atoms with Crippen molar-refractivity contribution >= 4 is 53.7 Å². The molecule has 0 atom stereocenters. The van der Waals surface area contributed by atoms with E-state index in [1.807, 2.05) is 6.07 Å². The third kappa shape index (κ3) is 1.95. The van der Waals surface area contributed by atoms with Gasteiger partial charge in [0.05, 0.1) is 11.0 Å². The van der Waals surface area contributed by atoms with Crippen LogP contribution < -0.4 is 0 Å². The largest absolute Gasteiger partial charge is 0.307 e. The fourth-order valence-electron chi connectivity index (χ4n) is 2.87. The SMILES string of the molecule is Brc1cccc2c3cccc(Br)c3n(-c3ccccc3)c12. The first-order valence-corrected chi connectivity index (χ1v) is 8.28. The average molecular weight is 401 g/mol. The molecule has 0 spiro atoms. The lowest BCUT2D eigenvalue weighted by atomic mass is 10.2. The quantitative estimate of drug-likeness (QED) is 0.353. The molecule has 0 unspecified atom stereocenters. The molecular formula is C18H11Br2N. The average Bonchev–Trinajstić information content (AvgIpc) is 2.86. The van der Waals surface area contributed by atoms with Crippen LogP contribution in [-0.4, -0.2) is 4.57 Å². The van der Waals surface area contributed by atoms with Gasteiger partial charge in [-0.1, -0.05) is 42.5 Å². The van der Waals surface area contributed by atoms with Crippen LogP contribution in [0.2, 0.25) is 0 Å². The highest BCUT2D eigenvalue weighted by Gasteiger charge is 2.15.